The number of allylic oxidation sites excluding steroid dienone is 2. The third kappa shape index (κ3) is 4.66. The summed E-state index contributed by atoms with van der Waals surface area (Å²) >= 11 is 0. The van der Waals surface area contributed by atoms with Crippen LogP contribution in [0.2, 0.25) is 0 Å². The second-order valence-electron chi connectivity index (χ2n) is 4.63. The van der Waals surface area contributed by atoms with Gasteiger partial charge in [0.05, 0.1) is 0 Å². The molecule has 0 unspecified atom stereocenters. The first-order valence-corrected chi connectivity index (χ1v) is 6.58. The molecule has 3 heteroatoms. The molecule has 3 nitrogen and oxygen atoms in total. The predicted molar refractivity (Wildman–Crippen MR) is 83.9 cm³/mol. The van der Waals surface area contributed by atoms with Crippen LogP contribution >= 0.6 is 0 Å². The third-order valence-electron chi connectivity index (χ3n) is 2.95. The first-order valence-electron chi connectivity index (χ1n) is 6.58. The molecular formula is C18H16O3. The highest BCUT2D eigenvalue weighted by atomic mass is 16.3. The van der Waals surface area contributed by atoms with E-state index in [4.69, 9.17) is 0 Å². The minimum absolute atomic E-state index is 0.201. The second-order valence-corrected chi connectivity index (χ2v) is 4.63. The van der Waals surface area contributed by atoms with E-state index in [1.54, 1.807) is 54.6 Å². The number of phenols is 2. The molecule has 0 heterocycles. The van der Waals surface area contributed by atoms with E-state index in [1.165, 1.54) is 0 Å². The zero-order valence-corrected chi connectivity index (χ0v) is 11.4. The van der Waals surface area contributed by atoms with Crippen LogP contribution in [0.4, 0.5) is 0 Å². The first-order chi connectivity index (χ1) is 10.2. The summed E-state index contributed by atoms with van der Waals surface area (Å²) < 4.78 is 0. The van der Waals surface area contributed by atoms with Crippen LogP contribution < -0.4 is 0 Å². The molecule has 0 fully saturated rings. The van der Waals surface area contributed by atoms with Crippen molar-refractivity contribution >= 4 is 18.4 Å². The van der Waals surface area contributed by atoms with Crippen molar-refractivity contribution in [2.75, 3.05) is 0 Å². The Labute approximate surface area is 123 Å². The molecule has 0 aliphatic rings. The molecule has 0 atom stereocenters. The maximum Gasteiger partial charge on any atom is 0.146 e. The average molecular weight is 280 g/mol. The van der Waals surface area contributed by atoms with E-state index in [-0.39, 0.29) is 11.5 Å². The molecule has 0 aromatic heterocycles. The van der Waals surface area contributed by atoms with Gasteiger partial charge in [-0.2, -0.15) is 0 Å². The van der Waals surface area contributed by atoms with Gasteiger partial charge in [-0.05, 0) is 53.5 Å². The van der Waals surface area contributed by atoms with Crippen molar-refractivity contribution in [2.24, 2.45) is 0 Å². The van der Waals surface area contributed by atoms with Crippen molar-refractivity contribution in [2.45, 2.75) is 6.42 Å². The SMILES string of the molecule is O=C/C(=C/c1ccc(O)cc1)C/C=C/c1ccc(O)cc1. The summed E-state index contributed by atoms with van der Waals surface area (Å²) in [6.07, 6.45) is 6.92. The normalized spacial score (nSPS) is 11.7. The molecule has 0 saturated heterocycles. The summed E-state index contributed by atoms with van der Waals surface area (Å²) in [5, 5.41) is 18.4. The van der Waals surface area contributed by atoms with Crippen molar-refractivity contribution in [1.82, 2.24) is 0 Å². The minimum Gasteiger partial charge on any atom is -0.508 e. The maximum absolute atomic E-state index is 11.1. The Bertz CT molecular complexity index is 650. The van der Waals surface area contributed by atoms with Crippen molar-refractivity contribution < 1.29 is 15.0 Å². The first kappa shape index (κ1) is 14.6. The number of aromatic hydroxyl groups is 2. The van der Waals surface area contributed by atoms with E-state index in [9.17, 15) is 15.0 Å². The average Bonchev–Trinajstić information content (AvgIpc) is 2.50. The van der Waals surface area contributed by atoms with Gasteiger partial charge in [0.1, 0.15) is 17.8 Å². The fourth-order valence-corrected chi connectivity index (χ4v) is 1.84. The van der Waals surface area contributed by atoms with Crippen molar-refractivity contribution in [1.29, 1.82) is 0 Å². The Hall–Kier alpha value is -2.81. The van der Waals surface area contributed by atoms with Crippen LogP contribution in [0, 0.1) is 0 Å². The Balaban J connectivity index is 2.03. The highest BCUT2D eigenvalue weighted by Gasteiger charge is 1.95. The van der Waals surface area contributed by atoms with Crippen LogP contribution in [0.1, 0.15) is 17.5 Å². The van der Waals surface area contributed by atoms with Gasteiger partial charge < -0.3 is 10.2 Å². The lowest BCUT2D eigenvalue weighted by molar-refractivity contribution is -0.104. The molecule has 2 N–H and O–H groups in total. The highest BCUT2D eigenvalue weighted by molar-refractivity contribution is 5.82. The van der Waals surface area contributed by atoms with E-state index in [0.717, 1.165) is 17.4 Å². The fourth-order valence-electron chi connectivity index (χ4n) is 1.84. The van der Waals surface area contributed by atoms with E-state index >= 15 is 0 Å². The molecule has 0 spiro atoms. The summed E-state index contributed by atoms with van der Waals surface area (Å²) in [4.78, 5) is 11.1. The number of hydrogen-bond donors (Lipinski definition) is 2. The molecule has 0 saturated carbocycles. The topological polar surface area (TPSA) is 57.5 Å². The molecular weight excluding hydrogens is 264 g/mol. The summed E-state index contributed by atoms with van der Waals surface area (Å²) in [5.41, 5.74) is 2.48. The summed E-state index contributed by atoms with van der Waals surface area (Å²) in [7, 11) is 0. The monoisotopic (exact) mass is 280 g/mol. The molecule has 0 aliphatic carbocycles. The van der Waals surface area contributed by atoms with Crippen LogP contribution in [0.25, 0.3) is 12.2 Å². The van der Waals surface area contributed by atoms with Crippen LogP contribution in [-0.4, -0.2) is 16.5 Å². The Kier molecular flexibility index (Phi) is 4.94. The third-order valence-corrected chi connectivity index (χ3v) is 2.95. The van der Waals surface area contributed by atoms with Gasteiger partial charge in [0, 0.05) is 0 Å². The maximum atomic E-state index is 11.1. The zero-order chi connectivity index (χ0) is 15.1. The van der Waals surface area contributed by atoms with Crippen molar-refractivity contribution in [3.8, 4) is 11.5 Å². The van der Waals surface area contributed by atoms with Gasteiger partial charge in [-0.1, -0.05) is 36.4 Å². The fraction of sp³-hybridized carbons (Fsp3) is 0.0556. The molecule has 0 aliphatic heterocycles. The molecule has 21 heavy (non-hydrogen) atoms. The molecule has 0 amide bonds. The Morgan fingerprint density at radius 2 is 1.38 bits per heavy atom. The number of carbonyl (C=O) groups excluding carboxylic acids is 1. The number of rotatable bonds is 5. The van der Waals surface area contributed by atoms with E-state index in [1.807, 2.05) is 12.2 Å². The number of carbonyl (C=O) groups is 1. The van der Waals surface area contributed by atoms with Gasteiger partial charge in [-0.25, -0.2) is 0 Å². The summed E-state index contributed by atoms with van der Waals surface area (Å²) in [6.45, 7) is 0. The molecule has 2 aromatic carbocycles. The van der Waals surface area contributed by atoms with Gasteiger partial charge in [0.2, 0.25) is 0 Å². The van der Waals surface area contributed by atoms with Crippen molar-refractivity contribution in [3.63, 3.8) is 0 Å². The quantitative estimate of drug-likeness (QED) is 0.647. The lowest BCUT2D eigenvalue weighted by Crippen LogP contribution is -1.83. The van der Waals surface area contributed by atoms with Gasteiger partial charge in [0.15, 0.2) is 0 Å². The lowest BCUT2D eigenvalue weighted by Gasteiger charge is -1.98. The van der Waals surface area contributed by atoms with Crippen LogP contribution in [-0.2, 0) is 4.79 Å². The van der Waals surface area contributed by atoms with Gasteiger partial charge in [-0.3, -0.25) is 4.79 Å². The molecule has 106 valence electrons. The lowest BCUT2D eigenvalue weighted by atomic mass is 10.1. The zero-order valence-electron chi connectivity index (χ0n) is 11.4. The number of benzene rings is 2. The Morgan fingerprint density at radius 3 is 1.90 bits per heavy atom. The highest BCUT2D eigenvalue weighted by Crippen LogP contribution is 2.15. The number of hydrogen-bond acceptors (Lipinski definition) is 3. The number of aldehydes is 1. The minimum atomic E-state index is 0.201. The van der Waals surface area contributed by atoms with Gasteiger partial charge >= 0.3 is 0 Å². The smallest absolute Gasteiger partial charge is 0.146 e. The number of phenolic OH excluding ortho intramolecular Hbond substituents is 2. The largest absolute Gasteiger partial charge is 0.508 e. The summed E-state index contributed by atoms with van der Waals surface area (Å²) in [6, 6.07) is 13.5. The molecule has 0 bridgehead atoms. The molecule has 2 rings (SSSR count). The van der Waals surface area contributed by atoms with Crippen LogP contribution in [0.3, 0.4) is 0 Å². The van der Waals surface area contributed by atoms with Crippen molar-refractivity contribution in [3.05, 3.63) is 71.3 Å². The standard InChI is InChI=1S/C18H16O3/c19-13-16(12-15-6-10-18(21)11-7-15)3-1-2-14-4-8-17(20)9-5-14/h1-2,4-13,20-21H,3H2/b2-1+,16-12+. The van der Waals surface area contributed by atoms with Crippen LogP contribution in [0.15, 0.2) is 60.2 Å². The van der Waals surface area contributed by atoms with Gasteiger partial charge in [0.25, 0.3) is 0 Å². The summed E-state index contributed by atoms with van der Waals surface area (Å²) in [5.74, 6) is 0.431. The second kappa shape index (κ2) is 7.10. The molecule has 2 aromatic rings. The van der Waals surface area contributed by atoms with Gasteiger partial charge in [-0.15, -0.1) is 0 Å². The van der Waals surface area contributed by atoms with E-state index in [0.29, 0.717) is 12.0 Å². The predicted octanol–water partition coefficient (Wildman–Crippen LogP) is 3.78. The van der Waals surface area contributed by atoms with Crippen LogP contribution in [0.5, 0.6) is 11.5 Å². The van der Waals surface area contributed by atoms with E-state index < -0.39 is 0 Å². The Morgan fingerprint density at radius 1 is 0.857 bits per heavy atom. The van der Waals surface area contributed by atoms with E-state index in [2.05, 4.69) is 0 Å². The molecule has 0 radical (unpaired) electrons.